The second-order valence-corrected chi connectivity index (χ2v) is 3.95. The zero-order valence-electron chi connectivity index (χ0n) is 7.26. The standard InChI is InChI=1S/C11H10ClN/c12-11-5-8(7-13)4-10(6-11)9-2-1-3-9/h4-6,9H,1-3H2. The molecule has 2 heteroatoms. The van der Waals surface area contributed by atoms with Crippen LogP contribution in [-0.4, -0.2) is 0 Å². The van der Waals surface area contributed by atoms with Crippen LogP contribution in [0, 0.1) is 11.3 Å². The van der Waals surface area contributed by atoms with Crippen molar-refractivity contribution < 1.29 is 0 Å². The van der Waals surface area contributed by atoms with Crippen molar-refractivity contribution in [2.24, 2.45) is 0 Å². The molecule has 1 nitrogen and oxygen atoms in total. The molecule has 0 saturated heterocycles. The van der Waals surface area contributed by atoms with Crippen LogP contribution in [0.1, 0.15) is 36.3 Å². The number of nitriles is 1. The number of hydrogen-bond acceptors (Lipinski definition) is 1. The SMILES string of the molecule is N#Cc1cc(Cl)cc(C2CCC2)c1. The van der Waals surface area contributed by atoms with Crippen LogP contribution in [0.25, 0.3) is 0 Å². The van der Waals surface area contributed by atoms with Gasteiger partial charge in [-0.2, -0.15) is 5.26 Å². The summed E-state index contributed by atoms with van der Waals surface area (Å²) in [5.41, 5.74) is 1.91. The molecular weight excluding hydrogens is 182 g/mol. The molecule has 0 unspecified atom stereocenters. The van der Waals surface area contributed by atoms with Crippen LogP contribution in [0.3, 0.4) is 0 Å². The summed E-state index contributed by atoms with van der Waals surface area (Å²) < 4.78 is 0. The molecule has 1 aromatic carbocycles. The first-order chi connectivity index (χ1) is 6.29. The fourth-order valence-corrected chi connectivity index (χ4v) is 1.90. The van der Waals surface area contributed by atoms with E-state index in [1.165, 1.54) is 24.8 Å². The molecule has 0 radical (unpaired) electrons. The summed E-state index contributed by atoms with van der Waals surface area (Å²) in [4.78, 5) is 0. The Kier molecular flexibility index (Phi) is 2.24. The largest absolute Gasteiger partial charge is 0.192 e. The molecule has 1 saturated carbocycles. The Bertz CT molecular complexity index is 361. The van der Waals surface area contributed by atoms with Gasteiger partial charge in [-0.3, -0.25) is 0 Å². The lowest BCUT2D eigenvalue weighted by molar-refractivity contribution is 0.420. The van der Waals surface area contributed by atoms with Crippen LogP contribution in [-0.2, 0) is 0 Å². The summed E-state index contributed by atoms with van der Waals surface area (Å²) in [6.45, 7) is 0. The molecule has 2 rings (SSSR count). The lowest BCUT2D eigenvalue weighted by Gasteiger charge is -2.25. The van der Waals surface area contributed by atoms with E-state index in [2.05, 4.69) is 6.07 Å². The van der Waals surface area contributed by atoms with E-state index in [0.717, 1.165) is 0 Å². The summed E-state index contributed by atoms with van der Waals surface area (Å²) >= 11 is 5.90. The van der Waals surface area contributed by atoms with Crippen molar-refractivity contribution in [3.63, 3.8) is 0 Å². The molecule has 0 bridgehead atoms. The molecule has 0 atom stereocenters. The molecule has 0 aliphatic heterocycles. The lowest BCUT2D eigenvalue weighted by Crippen LogP contribution is -2.08. The first kappa shape index (κ1) is 8.59. The van der Waals surface area contributed by atoms with Crippen molar-refractivity contribution in [3.05, 3.63) is 34.3 Å². The number of benzene rings is 1. The molecule has 13 heavy (non-hydrogen) atoms. The molecular formula is C11H10ClN. The van der Waals surface area contributed by atoms with Gasteiger partial charge in [0.15, 0.2) is 0 Å². The van der Waals surface area contributed by atoms with Crippen molar-refractivity contribution in [1.82, 2.24) is 0 Å². The topological polar surface area (TPSA) is 23.8 Å². The summed E-state index contributed by atoms with van der Waals surface area (Å²) in [5, 5.41) is 9.43. The molecule has 1 aliphatic carbocycles. The number of hydrogen-bond donors (Lipinski definition) is 0. The molecule has 1 aromatic rings. The van der Waals surface area contributed by atoms with Crippen molar-refractivity contribution >= 4 is 11.6 Å². The van der Waals surface area contributed by atoms with Crippen molar-refractivity contribution in [1.29, 1.82) is 5.26 Å². The zero-order chi connectivity index (χ0) is 9.26. The van der Waals surface area contributed by atoms with Gasteiger partial charge in [-0.25, -0.2) is 0 Å². The highest BCUT2D eigenvalue weighted by Crippen LogP contribution is 2.37. The third-order valence-corrected chi connectivity index (χ3v) is 2.84. The van der Waals surface area contributed by atoms with Gasteiger partial charge in [-0.1, -0.05) is 18.0 Å². The molecule has 0 amide bonds. The summed E-state index contributed by atoms with van der Waals surface area (Å²) in [7, 11) is 0. The quantitative estimate of drug-likeness (QED) is 0.667. The summed E-state index contributed by atoms with van der Waals surface area (Å²) in [5.74, 6) is 0.644. The molecule has 1 aliphatic rings. The van der Waals surface area contributed by atoms with Crippen LogP contribution in [0.15, 0.2) is 18.2 Å². The van der Waals surface area contributed by atoms with Crippen molar-refractivity contribution in [2.45, 2.75) is 25.2 Å². The highest BCUT2D eigenvalue weighted by molar-refractivity contribution is 6.30. The van der Waals surface area contributed by atoms with E-state index < -0.39 is 0 Å². The van der Waals surface area contributed by atoms with E-state index in [4.69, 9.17) is 16.9 Å². The molecule has 0 aromatic heterocycles. The van der Waals surface area contributed by atoms with E-state index in [-0.39, 0.29) is 0 Å². The second kappa shape index (κ2) is 3.40. The maximum atomic E-state index is 8.75. The predicted molar refractivity (Wildman–Crippen MR) is 52.8 cm³/mol. The smallest absolute Gasteiger partial charge is 0.0992 e. The maximum absolute atomic E-state index is 8.75. The van der Waals surface area contributed by atoms with Crippen LogP contribution in [0.2, 0.25) is 5.02 Å². The molecule has 0 heterocycles. The minimum atomic E-state index is 0.644. The van der Waals surface area contributed by atoms with Gasteiger partial charge in [0.05, 0.1) is 11.6 Å². The minimum Gasteiger partial charge on any atom is -0.192 e. The number of halogens is 1. The van der Waals surface area contributed by atoms with Gasteiger partial charge in [0.1, 0.15) is 0 Å². The highest BCUT2D eigenvalue weighted by Gasteiger charge is 2.19. The Balaban J connectivity index is 2.35. The first-order valence-corrected chi connectivity index (χ1v) is 4.88. The number of nitrogens with zero attached hydrogens (tertiary/aromatic N) is 1. The average Bonchev–Trinajstić information content (AvgIpc) is 2.00. The molecule has 66 valence electrons. The fraction of sp³-hybridized carbons (Fsp3) is 0.364. The van der Waals surface area contributed by atoms with Crippen molar-refractivity contribution in [2.75, 3.05) is 0 Å². The second-order valence-electron chi connectivity index (χ2n) is 3.51. The van der Waals surface area contributed by atoms with Gasteiger partial charge in [0.2, 0.25) is 0 Å². The van der Waals surface area contributed by atoms with Gasteiger partial charge in [-0.05, 0) is 42.5 Å². The van der Waals surface area contributed by atoms with E-state index in [1.807, 2.05) is 12.1 Å². The summed E-state index contributed by atoms with van der Waals surface area (Å²) in [6.07, 6.45) is 3.79. The van der Waals surface area contributed by atoms with E-state index in [0.29, 0.717) is 16.5 Å². The Labute approximate surface area is 82.9 Å². The third-order valence-electron chi connectivity index (χ3n) is 2.63. The van der Waals surface area contributed by atoms with Gasteiger partial charge < -0.3 is 0 Å². The fourth-order valence-electron chi connectivity index (χ4n) is 1.65. The third kappa shape index (κ3) is 1.68. The molecule has 0 N–H and O–H groups in total. The van der Waals surface area contributed by atoms with Crippen LogP contribution in [0.5, 0.6) is 0 Å². The Morgan fingerprint density at radius 3 is 2.62 bits per heavy atom. The van der Waals surface area contributed by atoms with Crippen LogP contribution < -0.4 is 0 Å². The monoisotopic (exact) mass is 191 g/mol. The van der Waals surface area contributed by atoms with Gasteiger partial charge in [-0.15, -0.1) is 0 Å². The minimum absolute atomic E-state index is 0.644. The normalized spacial score (nSPS) is 16.3. The summed E-state index contributed by atoms with van der Waals surface area (Å²) in [6, 6.07) is 7.77. The molecule has 0 spiro atoms. The Morgan fingerprint density at radius 2 is 2.08 bits per heavy atom. The van der Waals surface area contributed by atoms with Gasteiger partial charge >= 0.3 is 0 Å². The van der Waals surface area contributed by atoms with E-state index >= 15 is 0 Å². The zero-order valence-corrected chi connectivity index (χ0v) is 8.01. The van der Waals surface area contributed by atoms with E-state index in [1.54, 1.807) is 6.07 Å². The Morgan fingerprint density at radius 1 is 1.31 bits per heavy atom. The lowest BCUT2D eigenvalue weighted by atomic mass is 9.80. The average molecular weight is 192 g/mol. The predicted octanol–water partition coefficient (Wildman–Crippen LogP) is 3.48. The number of rotatable bonds is 1. The Hall–Kier alpha value is -1.00. The van der Waals surface area contributed by atoms with Gasteiger partial charge in [0.25, 0.3) is 0 Å². The van der Waals surface area contributed by atoms with Crippen LogP contribution in [0.4, 0.5) is 0 Å². The molecule has 1 fully saturated rings. The van der Waals surface area contributed by atoms with Gasteiger partial charge in [0, 0.05) is 5.02 Å². The van der Waals surface area contributed by atoms with E-state index in [9.17, 15) is 0 Å². The maximum Gasteiger partial charge on any atom is 0.0992 e. The van der Waals surface area contributed by atoms with Crippen LogP contribution >= 0.6 is 11.6 Å². The first-order valence-electron chi connectivity index (χ1n) is 4.50. The highest BCUT2D eigenvalue weighted by atomic mass is 35.5. The van der Waals surface area contributed by atoms with Crippen molar-refractivity contribution in [3.8, 4) is 6.07 Å².